The van der Waals surface area contributed by atoms with Crippen molar-refractivity contribution < 1.29 is 9.53 Å². The molecule has 1 saturated carbocycles. The van der Waals surface area contributed by atoms with E-state index in [4.69, 9.17) is 4.74 Å². The summed E-state index contributed by atoms with van der Waals surface area (Å²) in [5, 5.41) is 6.49. The highest BCUT2D eigenvalue weighted by Gasteiger charge is 2.09. The molecular weight excluding hydrogens is 380 g/mol. The van der Waals surface area contributed by atoms with E-state index in [1.54, 1.807) is 0 Å². The molecule has 2 aromatic rings. The second kappa shape index (κ2) is 8.99. The first kappa shape index (κ1) is 17.9. The quantitative estimate of drug-likeness (QED) is 0.714. The van der Waals surface area contributed by atoms with Crippen molar-refractivity contribution >= 4 is 38.3 Å². The van der Waals surface area contributed by atoms with Crippen molar-refractivity contribution in [3.63, 3.8) is 0 Å². The Morgan fingerprint density at radius 1 is 1.04 bits per heavy atom. The van der Waals surface area contributed by atoms with Gasteiger partial charge in [-0.3, -0.25) is 4.79 Å². The van der Waals surface area contributed by atoms with Crippen LogP contribution in [-0.2, 0) is 4.79 Å². The highest BCUT2D eigenvalue weighted by atomic mass is 79.9. The summed E-state index contributed by atoms with van der Waals surface area (Å²) in [6, 6.07) is 11.9. The van der Waals surface area contributed by atoms with Crippen LogP contribution in [0, 0.1) is 0 Å². The van der Waals surface area contributed by atoms with Crippen LogP contribution in [0.3, 0.4) is 0 Å². The Bertz CT molecular complexity index is 763. The van der Waals surface area contributed by atoms with Crippen LogP contribution in [0.5, 0.6) is 5.75 Å². The van der Waals surface area contributed by atoms with E-state index in [-0.39, 0.29) is 12.5 Å². The second-order valence-electron chi connectivity index (χ2n) is 6.37. The highest BCUT2D eigenvalue weighted by molar-refractivity contribution is 9.10. The van der Waals surface area contributed by atoms with Crippen LogP contribution in [0.15, 0.2) is 46.0 Å². The molecule has 2 aromatic carbocycles. The molecule has 1 fully saturated rings. The van der Waals surface area contributed by atoms with Crippen LogP contribution in [0.2, 0.25) is 0 Å². The molecule has 0 bridgehead atoms. The smallest absolute Gasteiger partial charge is 0.277 e. The number of halogens is 1. The Kier molecular flexibility index (Phi) is 6.45. The molecule has 0 atom stereocenters. The molecule has 0 spiro atoms. The van der Waals surface area contributed by atoms with E-state index in [0.717, 1.165) is 46.6 Å². The number of hydrazone groups is 1. The molecule has 3 rings (SSSR count). The minimum atomic E-state index is -0.227. The average Bonchev–Trinajstić information content (AvgIpc) is 2.60. The summed E-state index contributed by atoms with van der Waals surface area (Å²) in [5.41, 5.74) is 3.73. The number of hydrogen-bond acceptors (Lipinski definition) is 3. The summed E-state index contributed by atoms with van der Waals surface area (Å²) in [4.78, 5) is 12.0. The van der Waals surface area contributed by atoms with Gasteiger partial charge in [0.2, 0.25) is 0 Å². The van der Waals surface area contributed by atoms with E-state index in [9.17, 15) is 4.79 Å². The van der Waals surface area contributed by atoms with Gasteiger partial charge < -0.3 is 4.74 Å². The summed E-state index contributed by atoms with van der Waals surface area (Å²) >= 11 is 3.57. The predicted octanol–water partition coefficient (Wildman–Crippen LogP) is 5.20. The third kappa shape index (κ3) is 5.05. The lowest BCUT2D eigenvalue weighted by molar-refractivity contribution is -0.123. The van der Waals surface area contributed by atoms with Gasteiger partial charge in [-0.25, -0.2) is 5.43 Å². The summed E-state index contributed by atoms with van der Waals surface area (Å²) in [5.74, 6) is 0.432. The Balaban J connectivity index is 1.56. The van der Waals surface area contributed by atoms with E-state index >= 15 is 0 Å². The molecule has 0 heterocycles. The first-order valence-electron chi connectivity index (χ1n) is 8.88. The molecule has 0 aromatic heterocycles. The molecule has 1 aliphatic rings. The normalized spacial score (nSPS) is 15.3. The molecule has 0 saturated heterocycles. The molecule has 4 nitrogen and oxygen atoms in total. The zero-order valence-corrected chi connectivity index (χ0v) is 15.8. The van der Waals surface area contributed by atoms with E-state index in [0.29, 0.717) is 5.75 Å². The molecule has 5 heteroatoms. The Hall–Kier alpha value is -1.88. The first-order valence-corrected chi connectivity index (χ1v) is 9.67. The van der Waals surface area contributed by atoms with Crippen molar-refractivity contribution in [2.45, 2.75) is 44.9 Å². The number of nitrogens with one attached hydrogen (secondary N) is 1. The van der Waals surface area contributed by atoms with Crippen LogP contribution in [0.25, 0.3) is 10.8 Å². The second-order valence-corrected chi connectivity index (χ2v) is 7.16. The summed E-state index contributed by atoms with van der Waals surface area (Å²) in [6.45, 7) is -0.0479. The number of nitrogens with zero attached hydrogens (tertiary/aromatic N) is 1. The van der Waals surface area contributed by atoms with Gasteiger partial charge in [0.15, 0.2) is 6.61 Å². The maximum absolute atomic E-state index is 12.0. The fraction of sp³-hybridized carbons (Fsp3) is 0.400. The third-order valence-corrected chi connectivity index (χ3v) is 5.27. The number of hydrogen-bond donors (Lipinski definition) is 1. The maximum atomic E-state index is 12.0. The van der Waals surface area contributed by atoms with Gasteiger partial charge in [0.25, 0.3) is 5.91 Å². The summed E-state index contributed by atoms with van der Waals surface area (Å²) < 4.78 is 6.53. The Morgan fingerprint density at radius 2 is 1.76 bits per heavy atom. The fourth-order valence-corrected chi connectivity index (χ4v) is 3.68. The van der Waals surface area contributed by atoms with E-state index in [1.807, 2.05) is 36.4 Å². The van der Waals surface area contributed by atoms with E-state index in [2.05, 4.69) is 26.5 Å². The molecule has 0 radical (unpaired) electrons. The summed E-state index contributed by atoms with van der Waals surface area (Å²) in [6.07, 6.45) is 8.12. The number of amides is 1. The van der Waals surface area contributed by atoms with Crippen molar-refractivity contribution in [1.82, 2.24) is 5.43 Å². The van der Waals surface area contributed by atoms with Gasteiger partial charge in [0.1, 0.15) is 5.75 Å². The molecule has 25 heavy (non-hydrogen) atoms. The lowest BCUT2D eigenvalue weighted by Crippen LogP contribution is -2.26. The monoisotopic (exact) mass is 402 g/mol. The van der Waals surface area contributed by atoms with Gasteiger partial charge in [-0.2, -0.15) is 5.10 Å². The molecule has 132 valence electrons. The van der Waals surface area contributed by atoms with Gasteiger partial charge in [0, 0.05) is 5.71 Å². The van der Waals surface area contributed by atoms with E-state index < -0.39 is 0 Å². The first-order chi connectivity index (χ1) is 12.2. The van der Waals surface area contributed by atoms with Gasteiger partial charge in [0.05, 0.1) is 4.47 Å². The van der Waals surface area contributed by atoms with Crippen molar-refractivity contribution in [3.05, 3.63) is 40.9 Å². The van der Waals surface area contributed by atoms with E-state index in [1.165, 1.54) is 19.3 Å². The fourth-order valence-electron chi connectivity index (χ4n) is 3.07. The number of ether oxygens (including phenoxy) is 1. The molecule has 0 unspecified atom stereocenters. The number of rotatable bonds is 4. The Morgan fingerprint density at radius 3 is 2.56 bits per heavy atom. The van der Waals surface area contributed by atoms with Crippen molar-refractivity contribution in [2.24, 2.45) is 5.10 Å². The third-order valence-electron chi connectivity index (χ3n) is 4.46. The minimum Gasteiger partial charge on any atom is -0.483 e. The molecule has 0 aliphatic heterocycles. The van der Waals surface area contributed by atoms with Crippen LogP contribution in [0.1, 0.15) is 44.9 Å². The number of fused-ring (bicyclic) bond motifs is 1. The van der Waals surface area contributed by atoms with Gasteiger partial charge >= 0.3 is 0 Å². The largest absolute Gasteiger partial charge is 0.483 e. The van der Waals surface area contributed by atoms with Gasteiger partial charge in [-0.15, -0.1) is 0 Å². The predicted molar refractivity (Wildman–Crippen MR) is 105 cm³/mol. The van der Waals surface area contributed by atoms with Crippen molar-refractivity contribution in [1.29, 1.82) is 0 Å². The summed E-state index contributed by atoms with van der Waals surface area (Å²) in [7, 11) is 0. The zero-order valence-electron chi connectivity index (χ0n) is 14.3. The average molecular weight is 403 g/mol. The lowest BCUT2D eigenvalue weighted by atomic mass is 9.99. The topological polar surface area (TPSA) is 50.7 Å². The molecular formula is C20H23BrN2O2. The van der Waals surface area contributed by atoms with Crippen LogP contribution >= 0.6 is 15.9 Å². The van der Waals surface area contributed by atoms with Crippen molar-refractivity contribution in [2.75, 3.05) is 6.61 Å². The standard InChI is InChI=1S/C20H23BrN2O2/c21-20-17-11-7-6-8-15(17)12-13-18(20)25-14-19(24)23-22-16-9-4-2-1-3-5-10-16/h6-8,11-13H,1-5,9-10,14H2,(H,23,24). The number of benzene rings is 2. The molecule has 1 N–H and O–H groups in total. The zero-order chi connectivity index (χ0) is 17.5. The maximum Gasteiger partial charge on any atom is 0.277 e. The number of carbonyl (C=O) groups is 1. The van der Waals surface area contributed by atoms with Crippen LogP contribution in [0.4, 0.5) is 0 Å². The van der Waals surface area contributed by atoms with Crippen LogP contribution < -0.4 is 10.2 Å². The lowest BCUT2D eigenvalue weighted by Gasteiger charge is -2.12. The highest BCUT2D eigenvalue weighted by Crippen LogP contribution is 2.32. The van der Waals surface area contributed by atoms with Gasteiger partial charge in [-0.05, 0) is 58.5 Å². The van der Waals surface area contributed by atoms with Gasteiger partial charge in [-0.1, -0.05) is 49.6 Å². The minimum absolute atomic E-state index is 0.0479. The SMILES string of the molecule is O=C(COc1ccc2ccccc2c1Br)NN=C1CCCCCCC1. The Labute approximate surface area is 156 Å². The van der Waals surface area contributed by atoms with Crippen molar-refractivity contribution in [3.8, 4) is 5.75 Å². The molecule has 1 amide bonds. The molecule has 1 aliphatic carbocycles. The number of carbonyl (C=O) groups excluding carboxylic acids is 1. The van der Waals surface area contributed by atoms with Crippen LogP contribution in [-0.4, -0.2) is 18.2 Å².